The van der Waals surface area contributed by atoms with Crippen LogP contribution in [0.5, 0.6) is 0 Å². The largest absolute Gasteiger partial charge is 0.463 e. The number of rotatable bonds is 2. The Kier molecular flexibility index (Phi) is 2.66. The second-order valence-corrected chi connectivity index (χ2v) is 4.25. The van der Waals surface area contributed by atoms with Gasteiger partial charge in [0.15, 0.2) is 11.5 Å². The summed E-state index contributed by atoms with van der Waals surface area (Å²) in [6.07, 6.45) is 1.61. The molecule has 1 aromatic carbocycles. The zero-order chi connectivity index (χ0) is 13.2. The number of nitrogens with zero attached hydrogens (tertiary/aromatic N) is 3. The van der Waals surface area contributed by atoms with Gasteiger partial charge in [0.2, 0.25) is 0 Å². The molecule has 4 nitrogen and oxygen atoms in total. The lowest BCUT2D eigenvalue weighted by atomic mass is 10.2. The van der Waals surface area contributed by atoms with Gasteiger partial charge in [-0.2, -0.15) is 10.4 Å². The summed E-state index contributed by atoms with van der Waals surface area (Å²) in [5.74, 6) is 0.690. The van der Waals surface area contributed by atoms with E-state index in [1.807, 2.05) is 43.3 Å². The van der Waals surface area contributed by atoms with E-state index in [4.69, 9.17) is 9.68 Å². The number of aryl methyl sites for hydroxylation is 1. The predicted molar refractivity (Wildman–Crippen MR) is 70.7 cm³/mol. The molecule has 0 saturated heterocycles. The van der Waals surface area contributed by atoms with Crippen molar-refractivity contribution in [1.82, 2.24) is 9.78 Å². The number of benzene rings is 1. The van der Waals surface area contributed by atoms with Gasteiger partial charge >= 0.3 is 0 Å². The van der Waals surface area contributed by atoms with Crippen molar-refractivity contribution in [2.45, 2.75) is 6.92 Å². The van der Waals surface area contributed by atoms with Gasteiger partial charge in [-0.15, -0.1) is 0 Å². The minimum atomic E-state index is 0.368. The highest BCUT2D eigenvalue weighted by atomic mass is 16.3. The van der Waals surface area contributed by atoms with Crippen molar-refractivity contribution in [2.24, 2.45) is 0 Å². The number of hydrogen-bond donors (Lipinski definition) is 0. The van der Waals surface area contributed by atoms with Gasteiger partial charge in [0.1, 0.15) is 11.8 Å². The maximum absolute atomic E-state index is 9.02. The molecular weight excluding hydrogens is 238 g/mol. The molecule has 0 bridgehead atoms. The van der Waals surface area contributed by atoms with Crippen LogP contribution >= 0.6 is 0 Å². The molecule has 0 radical (unpaired) electrons. The fraction of sp³-hybridized carbons (Fsp3) is 0.0667. The van der Waals surface area contributed by atoms with E-state index >= 15 is 0 Å². The van der Waals surface area contributed by atoms with E-state index in [2.05, 4.69) is 11.2 Å². The molecule has 0 fully saturated rings. The predicted octanol–water partition coefficient (Wildman–Crippen LogP) is 3.31. The van der Waals surface area contributed by atoms with Crippen molar-refractivity contribution in [2.75, 3.05) is 0 Å². The van der Waals surface area contributed by atoms with Crippen molar-refractivity contribution in [3.63, 3.8) is 0 Å². The monoisotopic (exact) mass is 249 g/mol. The van der Waals surface area contributed by atoms with Gasteiger partial charge < -0.3 is 4.42 Å². The Labute approximate surface area is 110 Å². The number of hydrogen-bond acceptors (Lipinski definition) is 3. The lowest BCUT2D eigenvalue weighted by Crippen LogP contribution is -1.99. The number of furan rings is 1. The first kappa shape index (κ1) is 11.3. The van der Waals surface area contributed by atoms with Gasteiger partial charge in [-0.1, -0.05) is 12.1 Å². The van der Waals surface area contributed by atoms with E-state index in [0.29, 0.717) is 11.5 Å². The molecule has 0 aliphatic heterocycles. The minimum Gasteiger partial charge on any atom is -0.463 e. The highest BCUT2D eigenvalue weighted by Crippen LogP contribution is 2.24. The van der Waals surface area contributed by atoms with Crippen LogP contribution in [0.3, 0.4) is 0 Å². The Hall–Kier alpha value is -2.80. The summed E-state index contributed by atoms with van der Waals surface area (Å²) in [5.41, 5.74) is 3.19. The quantitative estimate of drug-likeness (QED) is 0.700. The summed E-state index contributed by atoms with van der Waals surface area (Å²) >= 11 is 0. The zero-order valence-electron chi connectivity index (χ0n) is 10.4. The van der Waals surface area contributed by atoms with Crippen LogP contribution in [0.15, 0.2) is 53.1 Å². The SMILES string of the molecule is Cc1cccc(-n2nc(C#N)cc2-c2ccco2)c1. The van der Waals surface area contributed by atoms with Crippen LogP contribution in [0, 0.1) is 18.3 Å². The van der Waals surface area contributed by atoms with Crippen LogP contribution < -0.4 is 0 Å². The molecule has 0 unspecified atom stereocenters. The maximum Gasteiger partial charge on any atom is 0.163 e. The molecule has 0 amide bonds. The number of aromatic nitrogens is 2. The summed E-state index contributed by atoms with van der Waals surface area (Å²) in [6.45, 7) is 2.02. The van der Waals surface area contributed by atoms with Crippen molar-refractivity contribution >= 4 is 0 Å². The Balaban J connectivity index is 2.21. The Morgan fingerprint density at radius 1 is 1.21 bits per heavy atom. The Morgan fingerprint density at radius 3 is 2.79 bits per heavy atom. The molecule has 0 atom stereocenters. The van der Waals surface area contributed by atoms with E-state index in [9.17, 15) is 0 Å². The highest BCUT2D eigenvalue weighted by molar-refractivity contribution is 5.58. The van der Waals surface area contributed by atoms with Crippen molar-refractivity contribution in [3.05, 3.63) is 60.0 Å². The minimum absolute atomic E-state index is 0.368. The molecule has 0 aliphatic rings. The van der Waals surface area contributed by atoms with Crippen LogP contribution in [-0.4, -0.2) is 9.78 Å². The van der Waals surface area contributed by atoms with Crippen molar-refractivity contribution in [3.8, 4) is 23.2 Å². The van der Waals surface area contributed by atoms with Crippen molar-refractivity contribution < 1.29 is 4.42 Å². The van der Waals surface area contributed by atoms with E-state index in [1.165, 1.54) is 0 Å². The topological polar surface area (TPSA) is 54.8 Å². The Morgan fingerprint density at radius 2 is 2.11 bits per heavy atom. The maximum atomic E-state index is 9.02. The average molecular weight is 249 g/mol. The lowest BCUT2D eigenvalue weighted by molar-refractivity contribution is 0.577. The molecule has 0 saturated carbocycles. The van der Waals surface area contributed by atoms with E-state index in [-0.39, 0.29) is 0 Å². The molecule has 0 aliphatic carbocycles. The molecule has 92 valence electrons. The van der Waals surface area contributed by atoms with Gasteiger partial charge in [0.05, 0.1) is 12.0 Å². The fourth-order valence-corrected chi connectivity index (χ4v) is 1.99. The van der Waals surface area contributed by atoms with Gasteiger partial charge in [-0.05, 0) is 36.8 Å². The summed E-state index contributed by atoms with van der Waals surface area (Å²) in [4.78, 5) is 0. The lowest BCUT2D eigenvalue weighted by Gasteiger charge is -2.06. The molecule has 3 aromatic rings. The molecule has 19 heavy (non-hydrogen) atoms. The average Bonchev–Trinajstić information content (AvgIpc) is 3.07. The molecule has 3 rings (SSSR count). The van der Waals surface area contributed by atoms with Crippen LogP contribution in [-0.2, 0) is 0 Å². The van der Waals surface area contributed by atoms with Crippen LogP contribution in [0.4, 0.5) is 0 Å². The Bertz CT molecular complexity index is 748. The van der Waals surface area contributed by atoms with Crippen LogP contribution in [0.25, 0.3) is 17.1 Å². The normalized spacial score (nSPS) is 10.3. The third-order valence-electron chi connectivity index (χ3n) is 2.84. The third kappa shape index (κ3) is 2.02. The fourth-order valence-electron chi connectivity index (χ4n) is 1.99. The standard InChI is InChI=1S/C15H11N3O/c1-11-4-2-5-13(8-11)18-14(9-12(10-16)17-18)15-6-3-7-19-15/h2-9H,1H3. The summed E-state index contributed by atoms with van der Waals surface area (Å²) in [7, 11) is 0. The van der Waals surface area contributed by atoms with E-state index < -0.39 is 0 Å². The number of nitriles is 1. The second kappa shape index (κ2) is 4.46. The molecule has 2 heterocycles. The smallest absolute Gasteiger partial charge is 0.163 e. The summed E-state index contributed by atoms with van der Waals surface area (Å²) in [5, 5.41) is 13.3. The van der Waals surface area contributed by atoms with Gasteiger partial charge in [-0.3, -0.25) is 0 Å². The summed E-state index contributed by atoms with van der Waals surface area (Å²) < 4.78 is 7.13. The molecular formula is C15H11N3O. The van der Waals surface area contributed by atoms with E-state index in [1.54, 1.807) is 17.0 Å². The summed E-state index contributed by atoms with van der Waals surface area (Å²) in [6, 6.07) is 15.4. The molecule has 0 N–H and O–H groups in total. The van der Waals surface area contributed by atoms with Gasteiger partial charge in [-0.25, -0.2) is 4.68 Å². The van der Waals surface area contributed by atoms with Crippen LogP contribution in [0.1, 0.15) is 11.3 Å². The molecule has 2 aromatic heterocycles. The second-order valence-electron chi connectivity index (χ2n) is 4.25. The van der Waals surface area contributed by atoms with Gasteiger partial charge in [0, 0.05) is 6.07 Å². The van der Waals surface area contributed by atoms with E-state index in [0.717, 1.165) is 16.9 Å². The third-order valence-corrected chi connectivity index (χ3v) is 2.84. The molecule has 0 spiro atoms. The first-order valence-electron chi connectivity index (χ1n) is 5.89. The van der Waals surface area contributed by atoms with Gasteiger partial charge in [0.25, 0.3) is 0 Å². The van der Waals surface area contributed by atoms with Crippen molar-refractivity contribution in [1.29, 1.82) is 5.26 Å². The highest BCUT2D eigenvalue weighted by Gasteiger charge is 2.13. The molecule has 4 heteroatoms. The van der Waals surface area contributed by atoms with Crippen LogP contribution in [0.2, 0.25) is 0 Å². The zero-order valence-corrected chi connectivity index (χ0v) is 10.4. The first-order valence-corrected chi connectivity index (χ1v) is 5.89. The first-order chi connectivity index (χ1) is 9.28.